The number of rotatable bonds is 4. The van der Waals surface area contributed by atoms with Crippen molar-refractivity contribution < 1.29 is 14.3 Å². The van der Waals surface area contributed by atoms with E-state index in [1.807, 2.05) is 6.07 Å². The Morgan fingerprint density at radius 3 is 2.45 bits per heavy atom. The van der Waals surface area contributed by atoms with Gasteiger partial charge in [-0.3, -0.25) is 4.79 Å². The lowest BCUT2D eigenvalue weighted by Crippen LogP contribution is -2.30. The van der Waals surface area contributed by atoms with Crippen LogP contribution in [0.25, 0.3) is 0 Å². The number of esters is 1. The third kappa shape index (κ3) is 3.63. The fourth-order valence-corrected chi connectivity index (χ4v) is 1.90. The zero-order valence-corrected chi connectivity index (χ0v) is 12.5. The highest BCUT2D eigenvalue weighted by molar-refractivity contribution is 5.99. The van der Waals surface area contributed by atoms with Crippen LogP contribution in [-0.2, 0) is 9.53 Å². The van der Waals surface area contributed by atoms with Gasteiger partial charge in [0.15, 0.2) is 6.10 Å². The molecule has 0 aliphatic rings. The van der Waals surface area contributed by atoms with Gasteiger partial charge in [-0.1, -0.05) is 30.3 Å². The molecule has 2 aromatic rings. The summed E-state index contributed by atoms with van der Waals surface area (Å²) in [5, 5.41) is 2.68. The van der Waals surface area contributed by atoms with Crippen LogP contribution in [0.15, 0.2) is 48.5 Å². The van der Waals surface area contributed by atoms with Crippen LogP contribution in [0.3, 0.4) is 0 Å². The molecule has 1 amide bonds. The van der Waals surface area contributed by atoms with E-state index in [0.29, 0.717) is 11.4 Å². The summed E-state index contributed by atoms with van der Waals surface area (Å²) in [6, 6.07) is 14.1. The van der Waals surface area contributed by atoms with Crippen LogP contribution >= 0.6 is 0 Å². The molecule has 0 aromatic heterocycles. The highest BCUT2D eigenvalue weighted by Gasteiger charge is 2.20. The van der Waals surface area contributed by atoms with E-state index in [-0.39, 0.29) is 5.56 Å². The Morgan fingerprint density at radius 1 is 1.09 bits per heavy atom. The normalized spacial score (nSPS) is 11.5. The minimum absolute atomic E-state index is 0.263. The number of nitrogen functional groups attached to an aromatic ring is 1. The molecule has 2 aromatic carbocycles. The molecule has 22 heavy (non-hydrogen) atoms. The molecule has 0 bridgehead atoms. The molecule has 0 radical (unpaired) electrons. The fourth-order valence-electron chi connectivity index (χ4n) is 1.90. The predicted octanol–water partition coefficient (Wildman–Crippen LogP) is 2.76. The molecule has 5 nitrogen and oxygen atoms in total. The fraction of sp³-hybridized carbons (Fsp3) is 0.176. The number of aryl methyl sites for hydroxylation is 1. The Kier molecular flexibility index (Phi) is 4.78. The second kappa shape index (κ2) is 6.76. The zero-order chi connectivity index (χ0) is 16.1. The topological polar surface area (TPSA) is 81.4 Å². The number of anilines is 2. The molecule has 0 spiro atoms. The molecule has 2 rings (SSSR count). The van der Waals surface area contributed by atoms with Crippen molar-refractivity contribution in [2.24, 2.45) is 0 Å². The van der Waals surface area contributed by atoms with Crippen LogP contribution in [0.4, 0.5) is 11.4 Å². The highest BCUT2D eigenvalue weighted by Crippen LogP contribution is 2.18. The summed E-state index contributed by atoms with van der Waals surface area (Å²) < 4.78 is 5.18. The molecule has 0 fully saturated rings. The van der Waals surface area contributed by atoms with Crippen LogP contribution in [0, 0.1) is 6.92 Å². The zero-order valence-electron chi connectivity index (χ0n) is 12.5. The molecule has 1 atom stereocenters. The number of hydrogen-bond acceptors (Lipinski definition) is 4. The van der Waals surface area contributed by atoms with E-state index in [1.165, 1.54) is 6.92 Å². The van der Waals surface area contributed by atoms with Crippen LogP contribution < -0.4 is 11.1 Å². The summed E-state index contributed by atoms with van der Waals surface area (Å²) in [6.45, 7) is 3.32. The Hall–Kier alpha value is -2.82. The summed E-state index contributed by atoms with van der Waals surface area (Å²) in [7, 11) is 0. The van der Waals surface area contributed by atoms with Crippen molar-refractivity contribution in [1.82, 2.24) is 0 Å². The van der Waals surface area contributed by atoms with E-state index in [9.17, 15) is 9.59 Å². The van der Waals surface area contributed by atoms with Gasteiger partial charge in [-0.25, -0.2) is 4.79 Å². The molecule has 5 heteroatoms. The first-order valence-electron chi connectivity index (χ1n) is 6.91. The van der Waals surface area contributed by atoms with Crippen molar-refractivity contribution in [2.75, 3.05) is 11.1 Å². The van der Waals surface area contributed by atoms with E-state index in [4.69, 9.17) is 10.5 Å². The Bertz CT molecular complexity index is 684. The van der Waals surface area contributed by atoms with E-state index in [2.05, 4.69) is 5.32 Å². The average molecular weight is 298 g/mol. The minimum atomic E-state index is -0.924. The van der Waals surface area contributed by atoms with Gasteiger partial charge in [0.2, 0.25) is 0 Å². The maximum Gasteiger partial charge on any atom is 0.341 e. The maximum atomic E-state index is 12.1. The number of carbonyl (C=O) groups excluding carboxylic acids is 2. The number of nitrogens with two attached hydrogens (primary N) is 1. The number of ether oxygens (including phenoxy) is 1. The van der Waals surface area contributed by atoms with E-state index >= 15 is 0 Å². The first-order chi connectivity index (χ1) is 10.5. The number of nitrogens with one attached hydrogen (secondary N) is 1. The monoisotopic (exact) mass is 298 g/mol. The number of hydrogen-bond donors (Lipinski definition) is 2. The van der Waals surface area contributed by atoms with Crippen molar-refractivity contribution in [3.8, 4) is 0 Å². The van der Waals surface area contributed by atoms with Crippen molar-refractivity contribution in [2.45, 2.75) is 20.0 Å². The van der Waals surface area contributed by atoms with Crippen molar-refractivity contribution in [1.29, 1.82) is 0 Å². The Morgan fingerprint density at radius 2 is 1.77 bits per heavy atom. The molecule has 0 aliphatic carbocycles. The number of carbonyl (C=O) groups is 2. The highest BCUT2D eigenvalue weighted by atomic mass is 16.5. The minimum Gasteiger partial charge on any atom is -0.449 e. The van der Waals surface area contributed by atoms with Gasteiger partial charge in [-0.15, -0.1) is 0 Å². The van der Waals surface area contributed by atoms with Crippen molar-refractivity contribution in [3.05, 3.63) is 59.7 Å². The van der Waals surface area contributed by atoms with Crippen molar-refractivity contribution >= 4 is 23.3 Å². The van der Waals surface area contributed by atoms with Crippen molar-refractivity contribution in [3.63, 3.8) is 0 Å². The smallest absolute Gasteiger partial charge is 0.341 e. The molecule has 0 saturated carbocycles. The molecule has 3 N–H and O–H groups in total. The Balaban J connectivity index is 2.02. The van der Waals surface area contributed by atoms with Gasteiger partial charge in [0, 0.05) is 11.4 Å². The van der Waals surface area contributed by atoms with Crippen LogP contribution in [0.5, 0.6) is 0 Å². The van der Waals surface area contributed by atoms with Gasteiger partial charge >= 0.3 is 5.97 Å². The van der Waals surface area contributed by atoms with E-state index < -0.39 is 18.0 Å². The first-order valence-corrected chi connectivity index (χ1v) is 6.91. The summed E-state index contributed by atoms with van der Waals surface area (Å²) in [6.07, 6.45) is -0.924. The lowest BCUT2D eigenvalue weighted by molar-refractivity contribution is -0.123. The maximum absolute atomic E-state index is 12.1. The lowest BCUT2D eigenvalue weighted by atomic mass is 10.1. The summed E-state index contributed by atoms with van der Waals surface area (Å²) in [5.74, 6) is -1.01. The largest absolute Gasteiger partial charge is 0.449 e. The second-order valence-corrected chi connectivity index (χ2v) is 4.94. The Labute approximate surface area is 129 Å². The summed E-state index contributed by atoms with van der Waals surface area (Å²) in [5.41, 5.74) is 7.92. The predicted molar refractivity (Wildman–Crippen MR) is 85.5 cm³/mol. The quantitative estimate of drug-likeness (QED) is 0.671. The number of para-hydroxylation sites is 2. The molecule has 114 valence electrons. The van der Waals surface area contributed by atoms with Gasteiger partial charge in [-0.2, -0.15) is 0 Å². The molecule has 0 aliphatic heterocycles. The molecule has 0 unspecified atom stereocenters. The molecular formula is C17H18N2O3. The third-order valence-electron chi connectivity index (χ3n) is 3.24. The summed E-state index contributed by atoms with van der Waals surface area (Å²) >= 11 is 0. The standard InChI is InChI=1S/C17H18N2O3/c1-11-7-6-10-14(15(11)18)17(21)22-12(2)16(20)19-13-8-4-3-5-9-13/h3-10,12H,18H2,1-2H3,(H,19,20)/t12-/m1/s1. The first kappa shape index (κ1) is 15.6. The average Bonchev–Trinajstić information content (AvgIpc) is 2.50. The number of benzene rings is 2. The van der Waals surface area contributed by atoms with Crippen LogP contribution in [-0.4, -0.2) is 18.0 Å². The van der Waals surface area contributed by atoms with Crippen LogP contribution in [0.2, 0.25) is 0 Å². The molecule has 0 saturated heterocycles. The molecular weight excluding hydrogens is 280 g/mol. The third-order valence-corrected chi connectivity index (χ3v) is 3.24. The lowest BCUT2D eigenvalue weighted by Gasteiger charge is -2.14. The van der Waals surface area contributed by atoms with Gasteiger partial charge in [0.25, 0.3) is 5.91 Å². The molecule has 0 heterocycles. The van der Waals surface area contributed by atoms with Gasteiger partial charge in [-0.05, 0) is 37.6 Å². The van der Waals surface area contributed by atoms with Crippen LogP contribution in [0.1, 0.15) is 22.8 Å². The van der Waals surface area contributed by atoms with E-state index in [0.717, 1.165) is 5.56 Å². The van der Waals surface area contributed by atoms with Gasteiger partial charge in [0.05, 0.1) is 5.56 Å². The summed E-state index contributed by atoms with van der Waals surface area (Å²) in [4.78, 5) is 24.1. The SMILES string of the molecule is Cc1cccc(C(=O)O[C@H](C)C(=O)Nc2ccccc2)c1N. The van der Waals surface area contributed by atoms with E-state index in [1.54, 1.807) is 49.4 Å². The van der Waals surface area contributed by atoms with Gasteiger partial charge in [0.1, 0.15) is 0 Å². The second-order valence-electron chi connectivity index (χ2n) is 4.94. The van der Waals surface area contributed by atoms with Gasteiger partial charge < -0.3 is 15.8 Å². The number of amides is 1.